The van der Waals surface area contributed by atoms with Gasteiger partial charge in [0.1, 0.15) is 10.8 Å². The van der Waals surface area contributed by atoms with Crippen LogP contribution in [0.4, 0.5) is 0 Å². The number of hydrogen-bond acceptors (Lipinski definition) is 4. The third kappa shape index (κ3) is 2.46. The van der Waals surface area contributed by atoms with Gasteiger partial charge in [-0.05, 0) is 24.5 Å². The molecule has 0 aromatic carbocycles. The Balaban J connectivity index is 2.71. The molecule has 5 heteroatoms. The lowest BCUT2D eigenvalue weighted by atomic mass is 10.5. The average molecular weight is 170 g/mol. The minimum atomic E-state index is -0.974. The number of aliphatic carboxylic acids is 1. The van der Waals surface area contributed by atoms with Gasteiger partial charge in [-0.25, -0.2) is 9.78 Å². The van der Waals surface area contributed by atoms with Crippen LogP contribution < -0.4 is 0 Å². The van der Waals surface area contributed by atoms with E-state index in [9.17, 15) is 4.79 Å². The Labute approximate surface area is 67.4 Å². The molecule has 11 heavy (non-hydrogen) atoms. The molecule has 0 radical (unpaired) electrons. The largest absolute Gasteiger partial charge is 0.478 e. The van der Waals surface area contributed by atoms with Crippen molar-refractivity contribution in [3.63, 3.8) is 0 Å². The van der Waals surface area contributed by atoms with E-state index in [0.29, 0.717) is 10.8 Å². The molecule has 1 N–H and O–H groups in total. The van der Waals surface area contributed by atoms with Gasteiger partial charge in [0.15, 0.2) is 0 Å². The first kappa shape index (κ1) is 7.87. The third-order valence-corrected chi connectivity index (χ3v) is 1.68. The molecule has 0 bridgehead atoms. The maximum absolute atomic E-state index is 10.0. The summed E-state index contributed by atoms with van der Waals surface area (Å²) in [5.41, 5.74) is 0. The zero-order valence-electron chi connectivity index (χ0n) is 5.81. The normalized spacial score (nSPS) is 10.6. The molecule has 0 spiro atoms. The summed E-state index contributed by atoms with van der Waals surface area (Å²) in [6.45, 7) is 1.76. The molecule has 0 amide bonds. The average Bonchev–Trinajstić information content (AvgIpc) is 2.31. The second kappa shape index (κ2) is 3.25. The molecular formula is C6H6N2O2S. The maximum Gasteiger partial charge on any atom is 0.328 e. The highest BCUT2D eigenvalue weighted by Crippen LogP contribution is 2.04. The van der Waals surface area contributed by atoms with Gasteiger partial charge >= 0.3 is 5.97 Å². The van der Waals surface area contributed by atoms with Crippen LogP contribution in [0.25, 0.3) is 6.08 Å². The molecule has 0 saturated carbocycles. The summed E-state index contributed by atoms with van der Waals surface area (Å²) in [5.74, 6) is -0.308. The molecule has 1 heterocycles. The molecule has 0 aliphatic heterocycles. The third-order valence-electron chi connectivity index (χ3n) is 0.912. The molecular weight excluding hydrogens is 164 g/mol. The van der Waals surface area contributed by atoms with Crippen LogP contribution in [0, 0.1) is 6.92 Å². The van der Waals surface area contributed by atoms with E-state index >= 15 is 0 Å². The number of hydrogen-bond donors (Lipinski definition) is 1. The van der Waals surface area contributed by atoms with Crippen LogP contribution in [0.3, 0.4) is 0 Å². The van der Waals surface area contributed by atoms with Gasteiger partial charge in [0.25, 0.3) is 0 Å². The fraction of sp³-hybridized carbons (Fsp3) is 0.167. The van der Waals surface area contributed by atoms with E-state index in [1.54, 1.807) is 6.92 Å². The molecule has 1 rings (SSSR count). The minimum Gasteiger partial charge on any atom is -0.478 e. The predicted octanol–water partition coefficient (Wildman–Crippen LogP) is 0.944. The molecule has 0 unspecified atom stereocenters. The Morgan fingerprint density at radius 1 is 1.73 bits per heavy atom. The number of carboxylic acids is 1. The van der Waals surface area contributed by atoms with Crippen LogP contribution in [-0.4, -0.2) is 20.4 Å². The van der Waals surface area contributed by atoms with E-state index in [0.717, 1.165) is 6.08 Å². The van der Waals surface area contributed by atoms with Crippen molar-refractivity contribution in [2.45, 2.75) is 6.92 Å². The van der Waals surface area contributed by atoms with E-state index < -0.39 is 5.97 Å². The number of carboxylic acid groups (broad SMARTS) is 1. The van der Waals surface area contributed by atoms with Crippen LogP contribution in [-0.2, 0) is 4.79 Å². The highest BCUT2D eigenvalue weighted by Gasteiger charge is 1.94. The number of rotatable bonds is 2. The Kier molecular flexibility index (Phi) is 2.32. The van der Waals surface area contributed by atoms with E-state index in [1.165, 1.54) is 17.6 Å². The van der Waals surface area contributed by atoms with Crippen molar-refractivity contribution in [3.05, 3.63) is 16.9 Å². The summed E-state index contributed by atoms with van der Waals surface area (Å²) in [5, 5.41) is 8.87. The standard InChI is InChI=1S/C6H6N2O2S/c1-4-7-5(11-8-4)2-3-6(9)10/h2-3H,1H3,(H,9,10). The second-order valence-corrected chi connectivity index (χ2v) is 2.63. The number of aryl methyl sites for hydroxylation is 1. The van der Waals surface area contributed by atoms with Crippen LogP contribution >= 0.6 is 11.5 Å². The van der Waals surface area contributed by atoms with Crippen LogP contribution in [0.15, 0.2) is 6.08 Å². The first-order valence-electron chi connectivity index (χ1n) is 2.90. The predicted molar refractivity (Wildman–Crippen MR) is 41.3 cm³/mol. The van der Waals surface area contributed by atoms with E-state index in [1.807, 2.05) is 0 Å². The van der Waals surface area contributed by atoms with Crippen molar-refractivity contribution in [2.24, 2.45) is 0 Å². The van der Waals surface area contributed by atoms with Crippen molar-refractivity contribution >= 4 is 23.6 Å². The summed E-state index contributed by atoms with van der Waals surface area (Å²) < 4.78 is 3.88. The van der Waals surface area contributed by atoms with Gasteiger partial charge in [0.2, 0.25) is 0 Å². The molecule has 0 saturated heterocycles. The Hall–Kier alpha value is -1.23. The van der Waals surface area contributed by atoms with Crippen LogP contribution in [0.1, 0.15) is 10.8 Å². The summed E-state index contributed by atoms with van der Waals surface area (Å²) >= 11 is 1.18. The summed E-state index contributed by atoms with van der Waals surface area (Å²) in [6, 6.07) is 0. The molecule has 1 aromatic heterocycles. The van der Waals surface area contributed by atoms with E-state index in [2.05, 4.69) is 9.36 Å². The summed E-state index contributed by atoms with van der Waals surface area (Å²) in [4.78, 5) is 14.0. The fourth-order valence-corrected chi connectivity index (χ4v) is 1.09. The minimum absolute atomic E-state index is 0.616. The fourth-order valence-electron chi connectivity index (χ4n) is 0.523. The van der Waals surface area contributed by atoms with Gasteiger partial charge in [-0.1, -0.05) is 0 Å². The Morgan fingerprint density at radius 2 is 2.45 bits per heavy atom. The van der Waals surface area contributed by atoms with Gasteiger partial charge < -0.3 is 5.11 Å². The number of nitrogens with zero attached hydrogens (tertiary/aromatic N) is 2. The first-order valence-corrected chi connectivity index (χ1v) is 3.67. The zero-order valence-corrected chi connectivity index (χ0v) is 6.63. The van der Waals surface area contributed by atoms with Gasteiger partial charge in [0.05, 0.1) is 0 Å². The van der Waals surface area contributed by atoms with Crippen molar-refractivity contribution in [3.8, 4) is 0 Å². The Bertz CT molecular complexity index is 293. The van der Waals surface area contributed by atoms with Gasteiger partial charge in [0, 0.05) is 6.08 Å². The van der Waals surface area contributed by atoms with Gasteiger partial charge in [-0.2, -0.15) is 4.37 Å². The lowest BCUT2D eigenvalue weighted by molar-refractivity contribution is -0.131. The Morgan fingerprint density at radius 3 is 2.91 bits per heavy atom. The topological polar surface area (TPSA) is 63.1 Å². The van der Waals surface area contributed by atoms with Crippen molar-refractivity contribution in [1.29, 1.82) is 0 Å². The molecule has 0 aliphatic carbocycles. The smallest absolute Gasteiger partial charge is 0.328 e. The van der Waals surface area contributed by atoms with E-state index in [-0.39, 0.29) is 0 Å². The quantitative estimate of drug-likeness (QED) is 0.671. The molecule has 0 atom stereocenters. The van der Waals surface area contributed by atoms with E-state index in [4.69, 9.17) is 5.11 Å². The van der Waals surface area contributed by atoms with Crippen LogP contribution in [0.5, 0.6) is 0 Å². The number of aromatic nitrogens is 2. The van der Waals surface area contributed by atoms with Gasteiger partial charge in [-0.15, -0.1) is 0 Å². The highest BCUT2D eigenvalue weighted by molar-refractivity contribution is 7.06. The lowest BCUT2D eigenvalue weighted by Crippen LogP contribution is -1.85. The zero-order chi connectivity index (χ0) is 8.27. The first-order chi connectivity index (χ1) is 5.18. The molecule has 4 nitrogen and oxygen atoms in total. The molecule has 58 valence electrons. The molecule has 0 aliphatic rings. The SMILES string of the molecule is Cc1nsc(C=CC(=O)O)n1. The highest BCUT2D eigenvalue weighted by atomic mass is 32.1. The van der Waals surface area contributed by atoms with Crippen molar-refractivity contribution in [1.82, 2.24) is 9.36 Å². The van der Waals surface area contributed by atoms with Crippen molar-refractivity contribution < 1.29 is 9.90 Å². The second-order valence-electron chi connectivity index (χ2n) is 1.85. The summed E-state index contributed by atoms with van der Waals surface area (Å²) in [7, 11) is 0. The lowest BCUT2D eigenvalue weighted by Gasteiger charge is -1.77. The maximum atomic E-state index is 10.0. The number of carbonyl (C=O) groups is 1. The summed E-state index contributed by atoms with van der Waals surface area (Å²) in [6.07, 6.45) is 2.47. The van der Waals surface area contributed by atoms with Crippen molar-refractivity contribution in [2.75, 3.05) is 0 Å². The molecule has 0 fully saturated rings. The van der Waals surface area contributed by atoms with Gasteiger partial charge in [-0.3, -0.25) is 0 Å². The monoisotopic (exact) mass is 170 g/mol. The van der Waals surface area contributed by atoms with Crippen LogP contribution in [0.2, 0.25) is 0 Å². The molecule has 1 aromatic rings.